The molecule has 0 aliphatic heterocycles. The molecule has 6 nitrogen and oxygen atoms in total. The van der Waals surface area contributed by atoms with Gasteiger partial charge >= 0.3 is 11.8 Å². The molecule has 0 unspecified atom stereocenters. The van der Waals surface area contributed by atoms with E-state index < -0.39 is 11.8 Å². The average molecular weight is 280 g/mol. The molecule has 0 atom stereocenters. The van der Waals surface area contributed by atoms with Crippen molar-refractivity contribution in [1.82, 2.24) is 10.3 Å². The van der Waals surface area contributed by atoms with Crippen LogP contribution in [-0.2, 0) is 16.1 Å². The van der Waals surface area contributed by atoms with E-state index in [9.17, 15) is 9.59 Å². The number of carbonyl (C=O) groups excluding carboxylic acids is 2. The van der Waals surface area contributed by atoms with Gasteiger partial charge in [0.25, 0.3) is 0 Å². The highest BCUT2D eigenvalue weighted by atomic mass is 16.2. The zero-order valence-electron chi connectivity index (χ0n) is 11.0. The zero-order valence-corrected chi connectivity index (χ0v) is 11.0. The van der Waals surface area contributed by atoms with Crippen molar-refractivity contribution in [3.8, 4) is 6.07 Å². The molecule has 0 bridgehead atoms. The topological polar surface area (TPSA) is 94.9 Å². The van der Waals surface area contributed by atoms with Crippen molar-refractivity contribution >= 4 is 17.5 Å². The van der Waals surface area contributed by atoms with Crippen molar-refractivity contribution in [2.24, 2.45) is 0 Å². The molecule has 0 saturated carbocycles. The fourth-order valence-corrected chi connectivity index (χ4v) is 1.62. The number of rotatable bonds is 3. The van der Waals surface area contributed by atoms with E-state index in [-0.39, 0.29) is 6.54 Å². The highest BCUT2D eigenvalue weighted by molar-refractivity contribution is 6.39. The Morgan fingerprint density at radius 2 is 1.90 bits per heavy atom. The molecule has 1 aromatic heterocycles. The van der Waals surface area contributed by atoms with Gasteiger partial charge in [-0.25, -0.2) is 0 Å². The van der Waals surface area contributed by atoms with Gasteiger partial charge in [0.1, 0.15) is 0 Å². The molecule has 21 heavy (non-hydrogen) atoms. The van der Waals surface area contributed by atoms with E-state index in [1.807, 2.05) is 6.07 Å². The molecule has 2 N–H and O–H groups in total. The van der Waals surface area contributed by atoms with Crippen molar-refractivity contribution in [2.45, 2.75) is 6.54 Å². The summed E-state index contributed by atoms with van der Waals surface area (Å²) in [7, 11) is 0. The maximum atomic E-state index is 11.7. The quantitative estimate of drug-likeness (QED) is 0.826. The second-order valence-corrected chi connectivity index (χ2v) is 4.18. The lowest BCUT2D eigenvalue weighted by Crippen LogP contribution is -2.34. The normalized spacial score (nSPS) is 9.48. The van der Waals surface area contributed by atoms with Gasteiger partial charge in [0.15, 0.2) is 0 Å². The highest BCUT2D eigenvalue weighted by Crippen LogP contribution is 2.09. The summed E-state index contributed by atoms with van der Waals surface area (Å²) in [5.74, 6) is -1.52. The van der Waals surface area contributed by atoms with Crippen LogP contribution in [0.3, 0.4) is 0 Å². The van der Waals surface area contributed by atoms with Crippen LogP contribution >= 0.6 is 0 Å². The molecule has 0 aliphatic rings. The number of nitrogens with zero attached hydrogens (tertiary/aromatic N) is 2. The van der Waals surface area contributed by atoms with Crippen molar-refractivity contribution in [3.63, 3.8) is 0 Å². The van der Waals surface area contributed by atoms with Crippen LogP contribution in [-0.4, -0.2) is 16.8 Å². The number of anilines is 1. The predicted octanol–water partition coefficient (Wildman–Crippen LogP) is 1.21. The van der Waals surface area contributed by atoms with Gasteiger partial charge in [0.2, 0.25) is 0 Å². The molecule has 0 fully saturated rings. The number of benzene rings is 1. The first-order chi connectivity index (χ1) is 10.2. The Bertz CT molecular complexity index is 692. The van der Waals surface area contributed by atoms with E-state index in [1.165, 1.54) is 6.07 Å². The molecule has 0 spiro atoms. The van der Waals surface area contributed by atoms with Crippen LogP contribution < -0.4 is 10.6 Å². The number of pyridine rings is 1. The number of nitriles is 1. The lowest BCUT2D eigenvalue weighted by Gasteiger charge is -2.06. The average Bonchev–Trinajstić information content (AvgIpc) is 2.53. The molecule has 6 heteroatoms. The summed E-state index contributed by atoms with van der Waals surface area (Å²) in [6.07, 6.45) is 3.21. The summed E-state index contributed by atoms with van der Waals surface area (Å²) in [5, 5.41) is 13.7. The van der Waals surface area contributed by atoms with E-state index in [0.717, 1.165) is 5.56 Å². The van der Waals surface area contributed by atoms with Gasteiger partial charge in [-0.1, -0.05) is 6.07 Å². The van der Waals surface area contributed by atoms with Gasteiger partial charge in [-0.3, -0.25) is 14.6 Å². The Morgan fingerprint density at radius 3 is 2.62 bits per heavy atom. The third kappa shape index (κ3) is 4.14. The minimum Gasteiger partial charge on any atom is -0.344 e. The van der Waals surface area contributed by atoms with E-state index in [1.54, 1.807) is 42.7 Å². The van der Waals surface area contributed by atoms with Gasteiger partial charge in [0, 0.05) is 24.6 Å². The van der Waals surface area contributed by atoms with Gasteiger partial charge in [-0.15, -0.1) is 0 Å². The third-order valence-electron chi connectivity index (χ3n) is 2.66. The van der Waals surface area contributed by atoms with Crippen LogP contribution in [0.4, 0.5) is 5.69 Å². The number of aromatic nitrogens is 1. The maximum Gasteiger partial charge on any atom is 0.313 e. The number of hydrogen-bond donors (Lipinski definition) is 2. The van der Waals surface area contributed by atoms with Crippen LogP contribution in [0, 0.1) is 11.3 Å². The van der Waals surface area contributed by atoms with Crippen LogP contribution in [0.5, 0.6) is 0 Å². The second kappa shape index (κ2) is 6.82. The lowest BCUT2D eigenvalue weighted by atomic mass is 10.2. The first kappa shape index (κ1) is 14.2. The highest BCUT2D eigenvalue weighted by Gasteiger charge is 2.13. The summed E-state index contributed by atoms with van der Waals surface area (Å²) >= 11 is 0. The second-order valence-electron chi connectivity index (χ2n) is 4.18. The smallest absolute Gasteiger partial charge is 0.313 e. The van der Waals surface area contributed by atoms with Crippen molar-refractivity contribution in [3.05, 3.63) is 59.9 Å². The van der Waals surface area contributed by atoms with Gasteiger partial charge in [-0.2, -0.15) is 5.26 Å². The monoisotopic (exact) mass is 280 g/mol. The van der Waals surface area contributed by atoms with E-state index >= 15 is 0 Å². The van der Waals surface area contributed by atoms with E-state index in [2.05, 4.69) is 15.6 Å². The molecular weight excluding hydrogens is 268 g/mol. The summed E-state index contributed by atoms with van der Waals surface area (Å²) in [5.41, 5.74) is 1.65. The minimum absolute atomic E-state index is 0.243. The molecule has 0 radical (unpaired) electrons. The Labute approximate surface area is 121 Å². The predicted molar refractivity (Wildman–Crippen MR) is 75.9 cm³/mol. The van der Waals surface area contributed by atoms with Crippen molar-refractivity contribution in [1.29, 1.82) is 5.26 Å². The third-order valence-corrected chi connectivity index (χ3v) is 2.66. The van der Waals surface area contributed by atoms with Crippen molar-refractivity contribution in [2.75, 3.05) is 5.32 Å². The molecule has 1 heterocycles. The van der Waals surface area contributed by atoms with Gasteiger partial charge < -0.3 is 10.6 Å². The summed E-state index contributed by atoms with van der Waals surface area (Å²) in [6, 6.07) is 11.8. The van der Waals surface area contributed by atoms with Gasteiger partial charge in [-0.05, 0) is 35.9 Å². The van der Waals surface area contributed by atoms with E-state index in [0.29, 0.717) is 11.3 Å². The maximum absolute atomic E-state index is 11.7. The number of carbonyl (C=O) groups is 2. The van der Waals surface area contributed by atoms with Crippen LogP contribution in [0.25, 0.3) is 0 Å². The Kier molecular flexibility index (Phi) is 4.62. The fourth-order valence-electron chi connectivity index (χ4n) is 1.62. The molecular formula is C15H12N4O2. The molecule has 0 aliphatic carbocycles. The van der Waals surface area contributed by atoms with Crippen LogP contribution in [0.2, 0.25) is 0 Å². The fraction of sp³-hybridized carbons (Fsp3) is 0.0667. The molecule has 1 aromatic carbocycles. The molecule has 2 amide bonds. The number of nitrogens with one attached hydrogen (secondary N) is 2. The Balaban J connectivity index is 1.91. The lowest BCUT2D eigenvalue weighted by molar-refractivity contribution is -0.136. The number of amides is 2. The molecule has 104 valence electrons. The first-order valence-corrected chi connectivity index (χ1v) is 6.17. The van der Waals surface area contributed by atoms with Gasteiger partial charge in [0.05, 0.1) is 11.6 Å². The van der Waals surface area contributed by atoms with Crippen LogP contribution in [0.1, 0.15) is 11.1 Å². The molecule has 2 aromatic rings. The molecule has 2 rings (SSSR count). The first-order valence-electron chi connectivity index (χ1n) is 6.17. The summed E-state index contributed by atoms with van der Waals surface area (Å²) in [4.78, 5) is 27.2. The zero-order chi connectivity index (χ0) is 15.1. The van der Waals surface area contributed by atoms with E-state index in [4.69, 9.17) is 5.26 Å². The standard InChI is InChI=1S/C15H12N4O2/c16-9-12-2-1-3-13(8-12)19-15(21)14(20)18-10-11-4-6-17-7-5-11/h1-8H,10H2,(H,18,20)(H,19,21). The molecule has 0 saturated heterocycles. The number of hydrogen-bond acceptors (Lipinski definition) is 4. The SMILES string of the molecule is N#Cc1cccc(NC(=O)C(=O)NCc2ccncc2)c1. The van der Waals surface area contributed by atoms with Crippen LogP contribution in [0.15, 0.2) is 48.8 Å². The summed E-state index contributed by atoms with van der Waals surface area (Å²) in [6.45, 7) is 0.243. The Hall–Kier alpha value is -3.20. The largest absolute Gasteiger partial charge is 0.344 e. The Morgan fingerprint density at radius 1 is 1.14 bits per heavy atom. The van der Waals surface area contributed by atoms with Crippen molar-refractivity contribution < 1.29 is 9.59 Å². The minimum atomic E-state index is -0.779. The summed E-state index contributed by atoms with van der Waals surface area (Å²) < 4.78 is 0.